The number of pyridine rings is 1. The normalized spacial score (nSPS) is 20.3. The van der Waals surface area contributed by atoms with Crippen LogP contribution in [0.3, 0.4) is 0 Å². The number of nitrogens with one attached hydrogen (secondary N) is 1. The molecule has 1 aromatic heterocycles. The Labute approximate surface area is 322 Å². The fourth-order valence-electron chi connectivity index (χ4n) is 6.99. The summed E-state index contributed by atoms with van der Waals surface area (Å²) in [5.74, 6) is -0.200. The first kappa shape index (κ1) is 38.0. The molecular weight excluding hydrogens is 739 g/mol. The van der Waals surface area contributed by atoms with Gasteiger partial charge in [0.2, 0.25) is 0 Å². The number of aromatic nitrogens is 1. The van der Waals surface area contributed by atoms with Crippen LogP contribution >= 0.6 is 23.2 Å². The summed E-state index contributed by atoms with van der Waals surface area (Å²) in [6.45, 7) is 0.519. The fourth-order valence-corrected chi connectivity index (χ4v) is 7.51. The number of nitrogens with zero attached hydrogens (tertiary/aromatic N) is 2. The number of benzene rings is 3. The van der Waals surface area contributed by atoms with Crippen molar-refractivity contribution in [2.75, 3.05) is 26.2 Å². The highest BCUT2D eigenvalue weighted by molar-refractivity contribution is 6.35. The molecule has 4 aromatic rings. The van der Waals surface area contributed by atoms with Crippen LogP contribution in [0, 0.1) is 11.8 Å². The molecule has 4 heterocycles. The molecular formula is C41H41Cl2F2N3O6. The summed E-state index contributed by atoms with van der Waals surface area (Å²) in [6.07, 6.45) is 5.99. The topological polar surface area (TPSA) is 99.2 Å². The van der Waals surface area contributed by atoms with E-state index in [0.717, 1.165) is 56.4 Å². The quantitative estimate of drug-likeness (QED) is 0.113. The molecule has 0 amide bonds. The molecule has 3 aliphatic heterocycles. The first-order valence-electron chi connectivity index (χ1n) is 18.2. The van der Waals surface area contributed by atoms with Gasteiger partial charge in [-0.25, -0.2) is 9.59 Å². The van der Waals surface area contributed by atoms with Crippen molar-refractivity contribution in [3.05, 3.63) is 123 Å². The predicted octanol–water partition coefficient (Wildman–Crippen LogP) is 8.39. The summed E-state index contributed by atoms with van der Waals surface area (Å²) in [6, 6.07) is 20.2. The molecule has 0 spiro atoms. The Bertz CT molecular complexity index is 1890. The number of hydrogen-bond donors (Lipinski definition) is 1. The van der Waals surface area contributed by atoms with Gasteiger partial charge in [-0.15, -0.1) is 0 Å². The van der Waals surface area contributed by atoms with Gasteiger partial charge in [-0.05, 0) is 97.1 Å². The summed E-state index contributed by atoms with van der Waals surface area (Å²) in [7, 11) is 0. The van der Waals surface area contributed by atoms with E-state index in [0.29, 0.717) is 36.1 Å². The number of alkyl halides is 2. The van der Waals surface area contributed by atoms with Crippen molar-refractivity contribution in [3.63, 3.8) is 0 Å². The summed E-state index contributed by atoms with van der Waals surface area (Å²) < 4.78 is 49.3. The van der Waals surface area contributed by atoms with Crippen LogP contribution in [0.25, 0.3) is 0 Å². The Kier molecular flexibility index (Phi) is 12.3. The van der Waals surface area contributed by atoms with Crippen LogP contribution in [0.2, 0.25) is 10.0 Å². The Morgan fingerprint density at radius 1 is 0.889 bits per heavy atom. The van der Waals surface area contributed by atoms with E-state index in [9.17, 15) is 18.4 Å². The molecule has 8 rings (SSSR count). The lowest BCUT2D eigenvalue weighted by Crippen LogP contribution is -2.52. The van der Waals surface area contributed by atoms with Gasteiger partial charge in [-0.1, -0.05) is 71.7 Å². The Morgan fingerprint density at radius 3 is 2.26 bits per heavy atom. The van der Waals surface area contributed by atoms with Crippen LogP contribution in [-0.4, -0.2) is 60.8 Å². The summed E-state index contributed by atoms with van der Waals surface area (Å²) >= 11 is 12.9. The predicted molar refractivity (Wildman–Crippen MR) is 199 cm³/mol. The van der Waals surface area contributed by atoms with Crippen LogP contribution in [-0.2, 0) is 27.2 Å². The summed E-state index contributed by atoms with van der Waals surface area (Å²) in [4.78, 5) is 33.6. The largest absolute Gasteiger partial charge is 0.489 e. The Hall–Kier alpha value is -4.29. The second-order valence-corrected chi connectivity index (χ2v) is 14.9. The van der Waals surface area contributed by atoms with Gasteiger partial charge in [0.1, 0.15) is 18.2 Å². The minimum atomic E-state index is -3.05. The van der Waals surface area contributed by atoms with Crippen molar-refractivity contribution in [2.45, 2.75) is 63.5 Å². The minimum absolute atomic E-state index is 0.0711. The lowest BCUT2D eigenvalue weighted by Gasteiger charge is -2.44. The Balaban J connectivity index is 1.06. The van der Waals surface area contributed by atoms with Crippen molar-refractivity contribution in [1.82, 2.24) is 15.2 Å². The van der Waals surface area contributed by atoms with Crippen LogP contribution in [0.4, 0.5) is 8.78 Å². The lowest BCUT2D eigenvalue weighted by molar-refractivity contribution is -0.161. The van der Waals surface area contributed by atoms with E-state index in [1.807, 2.05) is 30.3 Å². The van der Waals surface area contributed by atoms with E-state index in [4.69, 9.17) is 42.1 Å². The van der Waals surface area contributed by atoms with E-state index in [1.165, 1.54) is 18.5 Å². The maximum atomic E-state index is 13.7. The molecule has 1 saturated carbocycles. The van der Waals surface area contributed by atoms with Gasteiger partial charge in [-0.2, -0.15) is 8.78 Å². The molecule has 3 aromatic carbocycles. The van der Waals surface area contributed by atoms with Crippen molar-refractivity contribution >= 4 is 35.1 Å². The maximum Gasteiger partial charge on any atom is 0.387 e. The van der Waals surface area contributed by atoms with Crippen LogP contribution < -0.4 is 14.8 Å². The number of rotatable bonds is 16. The monoisotopic (exact) mass is 779 g/mol. The van der Waals surface area contributed by atoms with Gasteiger partial charge in [0.05, 0.1) is 22.2 Å². The van der Waals surface area contributed by atoms with Gasteiger partial charge in [0.25, 0.3) is 0 Å². The third kappa shape index (κ3) is 9.68. The first-order chi connectivity index (χ1) is 26.2. The molecule has 4 fully saturated rings. The number of fused-ring (bicyclic) bond motifs is 3. The van der Waals surface area contributed by atoms with E-state index in [1.54, 1.807) is 36.4 Å². The van der Waals surface area contributed by atoms with E-state index >= 15 is 0 Å². The zero-order valence-electron chi connectivity index (χ0n) is 29.5. The molecule has 284 valence electrons. The third-order valence-corrected chi connectivity index (χ3v) is 10.9. The first-order valence-corrected chi connectivity index (χ1v) is 19.0. The third-order valence-electron chi connectivity index (χ3n) is 10.3. The number of hydrogen-bond acceptors (Lipinski definition) is 9. The summed E-state index contributed by atoms with van der Waals surface area (Å²) in [5.41, 5.74) is 2.89. The number of halogens is 4. The van der Waals surface area contributed by atoms with Crippen LogP contribution in [0.5, 0.6) is 11.5 Å². The molecule has 2 bridgehead atoms. The van der Waals surface area contributed by atoms with Crippen molar-refractivity contribution in [2.24, 2.45) is 11.8 Å². The Morgan fingerprint density at radius 2 is 1.61 bits per heavy atom. The lowest BCUT2D eigenvalue weighted by atomic mass is 9.86. The van der Waals surface area contributed by atoms with Gasteiger partial charge in [0.15, 0.2) is 11.5 Å². The second kappa shape index (κ2) is 17.5. The summed E-state index contributed by atoms with van der Waals surface area (Å²) in [5, 5.41) is 3.93. The van der Waals surface area contributed by atoms with E-state index < -0.39 is 24.7 Å². The SMILES string of the molecule is O=C(O[C@@H](Cc1c(Cl)cncc1Cl)c1ccc(OC(F)F)c(OCC2CC2)c1)c1ccc(CNC(C(=O)O[C@H]2CN3CCC2CC3)c2ccccc2)cc1. The molecule has 1 aliphatic carbocycles. The molecule has 9 nitrogen and oxygen atoms in total. The fraction of sp³-hybridized carbons (Fsp3) is 0.390. The maximum absolute atomic E-state index is 13.7. The number of piperidine rings is 3. The van der Waals surface area contributed by atoms with Gasteiger partial charge < -0.3 is 18.9 Å². The molecule has 54 heavy (non-hydrogen) atoms. The molecule has 4 aliphatic rings. The standard InChI is InChI=1S/C41H41Cl2F2N3O6/c42-32-21-46-22-33(43)31(32)19-35(30-12-13-34(54-41(44)45)36(18-30)51-24-26-6-7-26)52-39(49)29-10-8-25(9-11-29)20-47-38(28-4-2-1-3-5-28)40(50)53-37-23-48-16-14-27(37)15-17-48/h1-5,8-13,18,21-22,26-27,35,37-38,41,47H,6-7,14-17,19-20,23-24H2/t35-,37-,38?/m0/s1. The molecule has 13 heteroatoms. The molecule has 3 atom stereocenters. The minimum Gasteiger partial charge on any atom is -0.489 e. The van der Waals surface area contributed by atoms with Crippen molar-refractivity contribution in [1.29, 1.82) is 0 Å². The highest BCUT2D eigenvalue weighted by atomic mass is 35.5. The van der Waals surface area contributed by atoms with Crippen molar-refractivity contribution in [3.8, 4) is 11.5 Å². The van der Waals surface area contributed by atoms with Gasteiger partial charge in [0, 0.05) is 31.9 Å². The highest BCUT2D eigenvalue weighted by Crippen LogP contribution is 2.38. The van der Waals surface area contributed by atoms with E-state index in [-0.39, 0.29) is 45.6 Å². The smallest absolute Gasteiger partial charge is 0.387 e. The average Bonchev–Trinajstić information content (AvgIpc) is 4.01. The van der Waals surface area contributed by atoms with Gasteiger partial charge >= 0.3 is 18.6 Å². The zero-order chi connectivity index (χ0) is 37.6. The number of esters is 2. The number of carbonyl (C=O) groups is 2. The highest BCUT2D eigenvalue weighted by Gasteiger charge is 2.38. The van der Waals surface area contributed by atoms with Gasteiger partial charge in [-0.3, -0.25) is 15.2 Å². The van der Waals surface area contributed by atoms with Crippen molar-refractivity contribution < 1.29 is 37.3 Å². The molecule has 3 saturated heterocycles. The number of carbonyl (C=O) groups excluding carboxylic acids is 2. The molecule has 1 unspecified atom stereocenters. The van der Waals surface area contributed by atoms with Crippen LogP contribution in [0.1, 0.15) is 70.4 Å². The molecule has 0 radical (unpaired) electrons. The zero-order valence-corrected chi connectivity index (χ0v) is 31.0. The average molecular weight is 781 g/mol. The number of ether oxygens (including phenoxy) is 4. The van der Waals surface area contributed by atoms with E-state index in [2.05, 4.69) is 15.2 Å². The second-order valence-electron chi connectivity index (χ2n) is 14.1. The van der Waals surface area contributed by atoms with Crippen LogP contribution in [0.15, 0.2) is 85.2 Å². The molecule has 1 N–H and O–H groups in total.